The fraction of sp³-hybridized carbons (Fsp3) is 0.0769. The van der Waals surface area contributed by atoms with Crippen molar-refractivity contribution < 1.29 is 0 Å². The predicted octanol–water partition coefficient (Wildman–Crippen LogP) is 6.81. The van der Waals surface area contributed by atoms with Gasteiger partial charge in [-0.3, -0.25) is 0 Å². The van der Waals surface area contributed by atoms with Crippen molar-refractivity contribution in [2.24, 2.45) is 10.9 Å². The molecule has 3 aliphatic carbocycles. The van der Waals surface area contributed by atoms with Gasteiger partial charge in [-0.25, -0.2) is 9.98 Å². The predicted molar refractivity (Wildman–Crippen MR) is 123 cm³/mol. The van der Waals surface area contributed by atoms with E-state index < -0.39 is 0 Å². The van der Waals surface area contributed by atoms with Gasteiger partial charge in [0.25, 0.3) is 0 Å². The third kappa shape index (κ3) is 2.78. The average Bonchev–Trinajstić information content (AvgIpc) is 3.26. The van der Waals surface area contributed by atoms with Crippen LogP contribution in [0, 0.1) is 5.92 Å². The number of allylic oxidation sites excluding steroid dienone is 6. The molecule has 0 amide bonds. The molecule has 0 N–H and O–H groups in total. The van der Waals surface area contributed by atoms with E-state index in [0.717, 1.165) is 22.0 Å². The van der Waals surface area contributed by atoms with E-state index in [1.54, 1.807) is 11.3 Å². The first kappa shape index (κ1) is 16.6. The Kier molecular flexibility index (Phi) is 3.81. The Hall–Kier alpha value is -3.30. The van der Waals surface area contributed by atoms with E-state index in [9.17, 15) is 0 Å². The van der Waals surface area contributed by atoms with Gasteiger partial charge in [0.1, 0.15) is 0 Å². The highest BCUT2D eigenvalue weighted by Crippen LogP contribution is 2.47. The summed E-state index contributed by atoms with van der Waals surface area (Å²) in [5, 5.41) is 2.85. The molecule has 3 aliphatic rings. The summed E-state index contributed by atoms with van der Waals surface area (Å²) in [5.74, 6) is 0.878. The van der Waals surface area contributed by atoms with Crippen LogP contribution >= 0.6 is 11.3 Å². The number of benzene rings is 2. The smallest absolute Gasteiger partial charge is 0.209 e. The molecule has 2 unspecified atom stereocenters. The van der Waals surface area contributed by atoms with Gasteiger partial charge in [-0.05, 0) is 22.3 Å². The minimum Gasteiger partial charge on any atom is -0.227 e. The van der Waals surface area contributed by atoms with Crippen molar-refractivity contribution in [1.82, 2.24) is 4.98 Å². The summed E-state index contributed by atoms with van der Waals surface area (Å²) < 4.78 is 0. The minimum absolute atomic E-state index is 0.429. The van der Waals surface area contributed by atoms with Crippen LogP contribution in [-0.4, -0.2) is 11.2 Å². The summed E-state index contributed by atoms with van der Waals surface area (Å²) in [7, 11) is 0. The summed E-state index contributed by atoms with van der Waals surface area (Å²) >= 11 is 1.58. The van der Waals surface area contributed by atoms with Crippen molar-refractivity contribution in [1.29, 1.82) is 0 Å². The van der Waals surface area contributed by atoms with Gasteiger partial charge in [0, 0.05) is 34.6 Å². The number of nitrogens with zero attached hydrogens (tertiary/aromatic N) is 2. The molecule has 2 aromatic carbocycles. The van der Waals surface area contributed by atoms with Crippen molar-refractivity contribution in [3.8, 4) is 11.3 Å². The topological polar surface area (TPSA) is 25.2 Å². The summed E-state index contributed by atoms with van der Waals surface area (Å²) in [6.07, 6.45) is 17.8. The second-order valence-corrected chi connectivity index (χ2v) is 8.35. The largest absolute Gasteiger partial charge is 0.227 e. The van der Waals surface area contributed by atoms with Gasteiger partial charge in [0.2, 0.25) is 5.13 Å². The Bertz CT molecular complexity index is 1260. The van der Waals surface area contributed by atoms with E-state index in [2.05, 4.69) is 77.2 Å². The number of hydrogen-bond donors (Lipinski definition) is 0. The minimum atomic E-state index is 0.429. The molecule has 2 atom stereocenters. The number of rotatable bonds is 3. The average molecular weight is 391 g/mol. The van der Waals surface area contributed by atoms with Gasteiger partial charge < -0.3 is 0 Å². The van der Waals surface area contributed by atoms with Gasteiger partial charge in [-0.2, -0.15) is 0 Å². The van der Waals surface area contributed by atoms with Crippen LogP contribution in [0.2, 0.25) is 0 Å². The second-order valence-electron chi connectivity index (χ2n) is 7.51. The summed E-state index contributed by atoms with van der Waals surface area (Å²) in [4.78, 5) is 9.39. The zero-order chi connectivity index (χ0) is 19.2. The Morgan fingerprint density at radius 3 is 2.83 bits per heavy atom. The van der Waals surface area contributed by atoms with Crippen molar-refractivity contribution in [2.45, 2.75) is 5.92 Å². The lowest BCUT2D eigenvalue weighted by molar-refractivity contribution is 0.664. The van der Waals surface area contributed by atoms with E-state index >= 15 is 0 Å². The van der Waals surface area contributed by atoms with Crippen molar-refractivity contribution >= 4 is 34.8 Å². The quantitative estimate of drug-likeness (QED) is 0.451. The molecule has 0 aliphatic heterocycles. The van der Waals surface area contributed by atoms with E-state index in [4.69, 9.17) is 4.99 Å². The van der Waals surface area contributed by atoms with Crippen molar-refractivity contribution in [3.63, 3.8) is 0 Å². The molecule has 0 radical (unpaired) electrons. The van der Waals surface area contributed by atoms with E-state index in [1.807, 2.05) is 24.4 Å². The molecule has 0 spiro atoms. The number of aliphatic imine (C=N–C) groups is 1. The highest BCUT2D eigenvalue weighted by Gasteiger charge is 2.32. The Labute approximate surface area is 174 Å². The fourth-order valence-electron chi connectivity index (χ4n) is 4.47. The Morgan fingerprint density at radius 1 is 0.966 bits per heavy atom. The number of hydrogen-bond acceptors (Lipinski definition) is 3. The summed E-state index contributed by atoms with van der Waals surface area (Å²) in [6, 6.07) is 14.6. The summed E-state index contributed by atoms with van der Waals surface area (Å²) in [5.41, 5.74) is 8.70. The first-order valence-electron chi connectivity index (χ1n) is 9.83. The molecule has 1 aromatic heterocycles. The number of aromatic nitrogens is 1. The molecule has 138 valence electrons. The first-order chi connectivity index (χ1) is 14.4. The molecule has 0 bridgehead atoms. The van der Waals surface area contributed by atoms with Crippen LogP contribution in [0.25, 0.3) is 23.4 Å². The van der Waals surface area contributed by atoms with Crippen LogP contribution in [0.1, 0.15) is 28.2 Å². The fourth-order valence-corrected chi connectivity index (χ4v) is 5.14. The number of thiazole rings is 1. The monoisotopic (exact) mass is 390 g/mol. The third-order valence-corrected chi connectivity index (χ3v) is 6.60. The molecule has 0 saturated carbocycles. The van der Waals surface area contributed by atoms with Crippen molar-refractivity contribution in [2.75, 3.05) is 0 Å². The van der Waals surface area contributed by atoms with E-state index in [0.29, 0.717) is 11.8 Å². The maximum absolute atomic E-state index is 4.70. The molecule has 3 aromatic rings. The van der Waals surface area contributed by atoms with Crippen LogP contribution in [0.15, 0.2) is 88.8 Å². The highest BCUT2D eigenvalue weighted by atomic mass is 32.1. The van der Waals surface area contributed by atoms with E-state index in [1.165, 1.54) is 22.3 Å². The van der Waals surface area contributed by atoms with Crippen LogP contribution < -0.4 is 0 Å². The molecule has 3 heteroatoms. The van der Waals surface area contributed by atoms with Gasteiger partial charge in [0.05, 0.1) is 5.69 Å². The first-order valence-corrected chi connectivity index (χ1v) is 10.7. The van der Waals surface area contributed by atoms with Crippen LogP contribution in [-0.2, 0) is 0 Å². The zero-order valence-corrected chi connectivity index (χ0v) is 16.5. The molecule has 0 fully saturated rings. The lowest BCUT2D eigenvalue weighted by atomic mass is 9.68. The molecule has 29 heavy (non-hydrogen) atoms. The highest BCUT2D eigenvalue weighted by molar-refractivity contribution is 7.13. The van der Waals surface area contributed by atoms with Crippen LogP contribution in [0.3, 0.4) is 0 Å². The standard InChI is InChI=1S/C26H18N2S/c1-2-5-17(6-3-1)23-16-29-26(28-23)27-15-21-12-11-20-10-9-18-7-4-8-19-13-14-22(21)25(20)24(18)19/h1-16,18,24H. The van der Waals surface area contributed by atoms with Gasteiger partial charge in [-0.1, -0.05) is 85.0 Å². The van der Waals surface area contributed by atoms with Gasteiger partial charge in [-0.15, -0.1) is 11.3 Å². The van der Waals surface area contributed by atoms with Crippen LogP contribution in [0.5, 0.6) is 0 Å². The lowest BCUT2D eigenvalue weighted by Gasteiger charge is -2.35. The molecular formula is C26H18N2S. The second kappa shape index (κ2) is 6.64. The normalized spacial score (nSPS) is 20.8. The third-order valence-electron chi connectivity index (χ3n) is 5.85. The molecule has 1 heterocycles. The molecular weight excluding hydrogens is 372 g/mol. The molecule has 2 nitrogen and oxygen atoms in total. The van der Waals surface area contributed by atoms with Crippen LogP contribution in [0.4, 0.5) is 5.13 Å². The molecule has 0 saturated heterocycles. The summed E-state index contributed by atoms with van der Waals surface area (Å²) in [6.45, 7) is 0. The Morgan fingerprint density at radius 2 is 1.90 bits per heavy atom. The zero-order valence-electron chi connectivity index (χ0n) is 15.7. The van der Waals surface area contributed by atoms with Gasteiger partial charge in [0.15, 0.2) is 0 Å². The van der Waals surface area contributed by atoms with Gasteiger partial charge >= 0.3 is 0 Å². The maximum atomic E-state index is 4.70. The Balaban J connectivity index is 1.37. The SMILES string of the molecule is C1=CC2C=Cc3ccc(C=Nc4nc(-c5ccccc5)cs4)c4c3C2C(=C1)C=C4. The lowest BCUT2D eigenvalue weighted by Crippen LogP contribution is -2.21. The van der Waals surface area contributed by atoms with Crippen molar-refractivity contribution in [3.05, 3.63) is 106 Å². The van der Waals surface area contributed by atoms with E-state index in [-0.39, 0.29) is 0 Å². The maximum Gasteiger partial charge on any atom is 0.209 e. The molecule has 6 rings (SSSR count).